The Morgan fingerprint density at radius 1 is 1.00 bits per heavy atom. The maximum atomic E-state index is 14.1. The number of sulfonamides is 1. The molecule has 312 valence electrons. The number of hydrogen-bond donors (Lipinski definition) is 4. The third-order valence-corrected chi connectivity index (χ3v) is 13.3. The molecule has 15 heteroatoms. The molecule has 4 N–H and O–H groups in total. The molecule has 3 unspecified atom stereocenters. The van der Waals surface area contributed by atoms with Crippen molar-refractivity contribution in [3.8, 4) is 17.0 Å². The first-order chi connectivity index (χ1) is 27.9. The van der Waals surface area contributed by atoms with Gasteiger partial charge in [-0.1, -0.05) is 56.2 Å². The summed E-state index contributed by atoms with van der Waals surface area (Å²) in [7, 11) is -2.22. The molecular formula is C43H55N5O9S. The molecule has 1 saturated heterocycles. The van der Waals surface area contributed by atoms with E-state index in [1.807, 2.05) is 49.4 Å². The summed E-state index contributed by atoms with van der Waals surface area (Å²) in [6.07, 6.45) is 8.03. The highest BCUT2D eigenvalue weighted by Gasteiger charge is 2.43. The summed E-state index contributed by atoms with van der Waals surface area (Å²) in [5.74, 6) is -1.23. The molecular weight excluding hydrogens is 763 g/mol. The fraction of sp³-hybridized carbons (Fsp3) is 0.512. The number of aromatic nitrogens is 1. The minimum atomic E-state index is -3.82. The maximum absolute atomic E-state index is 14.1. The number of pyridine rings is 1. The molecule has 4 amide bonds. The van der Waals surface area contributed by atoms with Gasteiger partial charge in [0.05, 0.1) is 24.5 Å². The van der Waals surface area contributed by atoms with Gasteiger partial charge in [0.25, 0.3) is 5.91 Å². The third kappa shape index (κ3) is 10.5. The predicted octanol–water partition coefficient (Wildman–Crippen LogP) is 5.11. The summed E-state index contributed by atoms with van der Waals surface area (Å²) in [6, 6.07) is 12.1. The molecule has 2 aliphatic carbocycles. The summed E-state index contributed by atoms with van der Waals surface area (Å²) >= 11 is 0. The molecule has 0 radical (unpaired) electrons. The number of alkyl carbamates (subject to hydrolysis) is 1. The van der Waals surface area contributed by atoms with E-state index in [0.717, 1.165) is 55.3 Å². The number of likely N-dealkylation sites (tertiary alicyclic amines) is 1. The first-order valence-corrected chi connectivity index (χ1v) is 21.9. The number of H-pyrrole nitrogens is 1. The van der Waals surface area contributed by atoms with Crippen LogP contribution in [0, 0.1) is 11.8 Å². The summed E-state index contributed by atoms with van der Waals surface area (Å²) in [5, 5.41) is 5.45. The number of nitrogens with zero attached hydrogens (tertiary/aromatic N) is 1. The molecule has 1 aromatic heterocycles. The van der Waals surface area contributed by atoms with Crippen LogP contribution in [0.25, 0.3) is 22.2 Å². The second kappa shape index (κ2) is 19.0. The zero-order valence-corrected chi connectivity index (χ0v) is 34.1. The quantitative estimate of drug-likeness (QED) is 0.126. The average molecular weight is 818 g/mol. The van der Waals surface area contributed by atoms with Crippen molar-refractivity contribution in [1.29, 1.82) is 0 Å². The highest BCUT2D eigenvalue weighted by molar-refractivity contribution is 7.90. The van der Waals surface area contributed by atoms with E-state index in [-0.39, 0.29) is 36.2 Å². The van der Waals surface area contributed by atoms with Crippen LogP contribution in [0.1, 0.15) is 83.1 Å². The van der Waals surface area contributed by atoms with Crippen molar-refractivity contribution >= 4 is 44.7 Å². The van der Waals surface area contributed by atoms with E-state index < -0.39 is 51.3 Å². The largest absolute Gasteiger partial charge is 0.496 e. The van der Waals surface area contributed by atoms with E-state index in [9.17, 15) is 32.4 Å². The molecule has 3 aliphatic rings. The Kier molecular flexibility index (Phi) is 13.9. The van der Waals surface area contributed by atoms with E-state index in [1.54, 1.807) is 13.2 Å². The third-order valence-electron chi connectivity index (χ3n) is 11.4. The molecule has 2 heterocycles. The molecule has 0 bridgehead atoms. The van der Waals surface area contributed by atoms with Gasteiger partial charge in [0, 0.05) is 29.8 Å². The molecule has 2 aromatic carbocycles. The van der Waals surface area contributed by atoms with Gasteiger partial charge in [-0.15, -0.1) is 6.58 Å². The van der Waals surface area contributed by atoms with Crippen molar-refractivity contribution in [2.45, 2.75) is 107 Å². The van der Waals surface area contributed by atoms with Crippen LogP contribution >= 0.6 is 0 Å². The average Bonchev–Trinajstić information content (AvgIpc) is 3.73. The van der Waals surface area contributed by atoms with Gasteiger partial charge in [-0.2, -0.15) is 0 Å². The van der Waals surface area contributed by atoms with Crippen molar-refractivity contribution in [3.63, 3.8) is 0 Å². The van der Waals surface area contributed by atoms with Crippen LogP contribution in [0.2, 0.25) is 0 Å². The summed E-state index contributed by atoms with van der Waals surface area (Å²) in [5.41, 5.74) is 3.17. The molecule has 3 aromatic rings. The van der Waals surface area contributed by atoms with Crippen LogP contribution in [-0.4, -0.2) is 85.8 Å². The first-order valence-electron chi connectivity index (χ1n) is 20.4. The summed E-state index contributed by atoms with van der Waals surface area (Å²) < 4.78 is 38.2. The normalized spacial score (nSPS) is 18.6. The highest BCUT2D eigenvalue weighted by atomic mass is 32.2. The van der Waals surface area contributed by atoms with Crippen molar-refractivity contribution in [3.05, 3.63) is 77.0 Å². The van der Waals surface area contributed by atoms with Crippen LogP contribution in [-0.2, 0) is 35.6 Å². The fourth-order valence-electron chi connectivity index (χ4n) is 8.08. The van der Waals surface area contributed by atoms with Gasteiger partial charge in [0.2, 0.25) is 21.8 Å². The predicted molar refractivity (Wildman–Crippen MR) is 220 cm³/mol. The Hall–Kier alpha value is -5.18. The van der Waals surface area contributed by atoms with E-state index in [4.69, 9.17) is 9.47 Å². The van der Waals surface area contributed by atoms with Gasteiger partial charge in [-0.3, -0.25) is 23.9 Å². The van der Waals surface area contributed by atoms with Crippen molar-refractivity contribution in [2.24, 2.45) is 11.8 Å². The Bertz CT molecular complexity index is 2150. The Morgan fingerprint density at radius 3 is 2.43 bits per heavy atom. The molecule has 14 nitrogen and oxygen atoms in total. The molecule has 1 aliphatic heterocycles. The van der Waals surface area contributed by atoms with Crippen LogP contribution in [0.4, 0.5) is 4.79 Å². The minimum absolute atomic E-state index is 0.00120. The zero-order chi connectivity index (χ0) is 41.4. The molecule has 58 heavy (non-hydrogen) atoms. The van der Waals surface area contributed by atoms with Gasteiger partial charge in [0.1, 0.15) is 23.9 Å². The Balaban J connectivity index is 1.02. The molecule has 6 rings (SSSR count). The van der Waals surface area contributed by atoms with E-state index >= 15 is 0 Å². The van der Waals surface area contributed by atoms with Crippen LogP contribution < -0.4 is 25.5 Å². The molecule has 0 spiro atoms. The van der Waals surface area contributed by atoms with Crippen LogP contribution in [0.15, 0.2) is 66.0 Å². The number of aryl methyl sites for hydroxylation is 1. The molecule has 2 saturated carbocycles. The van der Waals surface area contributed by atoms with Gasteiger partial charge in [-0.05, 0) is 93.2 Å². The molecule has 3 fully saturated rings. The fourth-order valence-corrected chi connectivity index (χ4v) is 9.43. The number of carbonyl (C=O) groups excluding carboxylic acids is 4. The Morgan fingerprint density at radius 2 is 1.74 bits per heavy atom. The van der Waals surface area contributed by atoms with E-state index in [0.29, 0.717) is 55.3 Å². The van der Waals surface area contributed by atoms with Gasteiger partial charge < -0.3 is 30.0 Å². The van der Waals surface area contributed by atoms with Gasteiger partial charge in [-0.25, -0.2) is 13.2 Å². The number of hydrogen-bond acceptors (Lipinski definition) is 9. The standard InChI is InChI=1S/C43H55N5O9S/c1-4-12-33(40(50)47-58(54,55)31-20-21-31)45-41(51)36-19-11-22-48(36)42(52)39(29-16-8-9-17-29)46-43(53)57-26-27(2)13-10-18-30-23-32-35(25-38(30)56-3)44-34(24-37(32)49)28-14-6-5-7-15-28/h4-7,14-15,23-25,27,29,31,33,36,39H,1,8-13,16-22,26H2,2-3H3,(H,44,49)(H,45,51)(H,46,53)(H,47,50)/t27?,33?,36-,39?/m0/s1. The number of rotatable bonds is 18. The van der Waals surface area contributed by atoms with Crippen LogP contribution in [0.3, 0.4) is 0 Å². The lowest BCUT2D eigenvalue weighted by Crippen LogP contribution is -2.57. The van der Waals surface area contributed by atoms with E-state index in [2.05, 4.69) is 26.9 Å². The summed E-state index contributed by atoms with van der Waals surface area (Å²) in [6.45, 7) is 6.05. The number of nitrogens with one attached hydrogen (secondary N) is 4. The van der Waals surface area contributed by atoms with Gasteiger partial charge in [0.15, 0.2) is 5.43 Å². The minimum Gasteiger partial charge on any atom is -0.496 e. The number of carbonyl (C=O) groups is 4. The Labute approximate surface area is 339 Å². The summed E-state index contributed by atoms with van der Waals surface area (Å²) in [4.78, 5) is 71.7. The van der Waals surface area contributed by atoms with Crippen molar-refractivity contribution in [1.82, 2.24) is 25.2 Å². The second-order valence-corrected chi connectivity index (χ2v) is 17.8. The number of ether oxygens (including phenoxy) is 2. The number of benzene rings is 2. The van der Waals surface area contributed by atoms with Crippen molar-refractivity contribution < 1.29 is 37.1 Å². The lowest BCUT2D eigenvalue weighted by atomic mass is 9.96. The maximum Gasteiger partial charge on any atom is 0.407 e. The highest BCUT2D eigenvalue weighted by Crippen LogP contribution is 2.32. The first kappa shape index (κ1) is 42.4. The number of aromatic amines is 1. The number of amides is 4. The topological polar surface area (TPSA) is 193 Å². The lowest BCUT2D eigenvalue weighted by Gasteiger charge is -2.32. The number of fused-ring (bicyclic) bond motifs is 1. The number of methoxy groups -OCH3 is 1. The SMILES string of the molecule is C=CCC(NC(=O)[C@@H]1CCCN1C(=O)C(NC(=O)OCC(C)CCCc1cc2c(=O)cc(-c3ccccc3)[nH]c2cc1OC)C1CCCC1)C(=O)NS(=O)(=O)C1CC1. The zero-order valence-electron chi connectivity index (χ0n) is 33.3. The van der Waals surface area contributed by atoms with Crippen molar-refractivity contribution in [2.75, 3.05) is 20.3 Å². The van der Waals surface area contributed by atoms with Crippen LogP contribution in [0.5, 0.6) is 5.75 Å². The second-order valence-electron chi connectivity index (χ2n) is 15.9. The lowest BCUT2D eigenvalue weighted by molar-refractivity contribution is -0.141. The van der Waals surface area contributed by atoms with Gasteiger partial charge >= 0.3 is 6.09 Å². The smallest absolute Gasteiger partial charge is 0.407 e. The monoisotopic (exact) mass is 817 g/mol. The van der Waals surface area contributed by atoms with E-state index in [1.165, 1.54) is 11.0 Å². The molecule has 4 atom stereocenters.